The molecule has 2 fully saturated rings. The fraction of sp³-hybridized carbons (Fsp3) is 0.583. The molecule has 1 amide bonds. The summed E-state index contributed by atoms with van der Waals surface area (Å²) in [6.45, 7) is 8.80. The molecule has 1 saturated carbocycles. The number of rotatable bonds is 6. The van der Waals surface area contributed by atoms with Crippen molar-refractivity contribution in [3.63, 3.8) is 0 Å². The Hall–Kier alpha value is -2.30. The second-order valence-electron chi connectivity index (χ2n) is 7.83. The predicted octanol–water partition coefficient (Wildman–Crippen LogP) is 5.22. The monoisotopic (exact) mass is 397 g/mol. The Kier molecular flexibility index (Phi) is 7.73. The number of carbonyl (C=O) groups excluding carboxylic acids is 1. The summed E-state index contributed by atoms with van der Waals surface area (Å²) in [4.78, 5) is 21.6. The summed E-state index contributed by atoms with van der Waals surface area (Å²) < 4.78 is 5.95. The smallest absolute Gasteiger partial charge is 0.300 e. The first-order valence-electron chi connectivity index (χ1n) is 11.3. The van der Waals surface area contributed by atoms with Gasteiger partial charge >= 0.3 is 6.02 Å². The van der Waals surface area contributed by atoms with Crippen molar-refractivity contribution in [2.24, 2.45) is 4.99 Å². The number of amidine groups is 1. The Morgan fingerprint density at radius 1 is 1.03 bits per heavy atom. The Morgan fingerprint density at radius 2 is 1.66 bits per heavy atom. The van der Waals surface area contributed by atoms with Crippen molar-refractivity contribution >= 4 is 23.7 Å². The summed E-state index contributed by atoms with van der Waals surface area (Å²) in [6, 6.07) is 9.02. The Morgan fingerprint density at radius 3 is 2.24 bits per heavy atom. The number of ether oxygens (including phenoxy) is 1. The molecule has 0 spiro atoms. The summed E-state index contributed by atoms with van der Waals surface area (Å²) in [7, 11) is 0. The zero-order chi connectivity index (χ0) is 20.6. The molecule has 0 bridgehead atoms. The molecule has 0 N–H and O–H groups in total. The van der Waals surface area contributed by atoms with E-state index in [2.05, 4.69) is 30.9 Å². The highest BCUT2D eigenvalue weighted by atomic mass is 16.5. The topological polar surface area (TPSA) is 45.1 Å². The minimum Gasteiger partial charge on any atom is -0.420 e. The zero-order valence-electron chi connectivity index (χ0n) is 18.2. The van der Waals surface area contributed by atoms with Gasteiger partial charge in [-0.25, -0.2) is 4.99 Å². The van der Waals surface area contributed by atoms with E-state index < -0.39 is 0 Å². The van der Waals surface area contributed by atoms with Gasteiger partial charge in [0.1, 0.15) is 0 Å². The van der Waals surface area contributed by atoms with Crippen LogP contribution in [0.25, 0.3) is 6.08 Å². The molecule has 1 aliphatic heterocycles. The molecule has 5 heteroatoms. The summed E-state index contributed by atoms with van der Waals surface area (Å²) >= 11 is 0. The molecule has 158 valence electrons. The van der Waals surface area contributed by atoms with E-state index in [4.69, 9.17) is 9.73 Å². The van der Waals surface area contributed by atoms with Crippen LogP contribution in [-0.2, 0) is 9.53 Å². The number of aliphatic imine (C=N–C) groups is 1. The summed E-state index contributed by atoms with van der Waals surface area (Å²) in [5.74, 6) is 0.275. The van der Waals surface area contributed by atoms with Gasteiger partial charge in [0.15, 0.2) is 5.76 Å². The van der Waals surface area contributed by atoms with Gasteiger partial charge in [0.2, 0.25) is 0 Å². The first-order valence-corrected chi connectivity index (χ1v) is 11.3. The fourth-order valence-corrected chi connectivity index (χ4v) is 4.12. The van der Waals surface area contributed by atoms with Gasteiger partial charge in [-0.1, -0.05) is 44.2 Å². The Bertz CT molecular complexity index is 727. The van der Waals surface area contributed by atoms with Crippen molar-refractivity contribution in [1.82, 2.24) is 4.90 Å². The molecule has 1 aliphatic carbocycles. The van der Waals surface area contributed by atoms with Gasteiger partial charge in [-0.15, -0.1) is 0 Å². The van der Waals surface area contributed by atoms with Gasteiger partial charge in [0, 0.05) is 25.3 Å². The van der Waals surface area contributed by atoms with Gasteiger partial charge in [-0.2, -0.15) is 0 Å². The molecule has 2 aliphatic rings. The quantitative estimate of drug-likeness (QED) is 0.618. The highest BCUT2D eigenvalue weighted by molar-refractivity contribution is 6.11. The third-order valence-corrected chi connectivity index (χ3v) is 5.89. The Balaban J connectivity index is 1.76. The molecule has 5 nitrogen and oxygen atoms in total. The molecule has 1 aromatic carbocycles. The lowest BCUT2D eigenvalue weighted by molar-refractivity contribution is -0.122. The minimum atomic E-state index is -0.0927. The van der Waals surface area contributed by atoms with Crippen molar-refractivity contribution in [2.45, 2.75) is 71.8 Å². The number of benzene rings is 1. The van der Waals surface area contributed by atoms with Gasteiger partial charge in [0.05, 0.1) is 6.04 Å². The van der Waals surface area contributed by atoms with E-state index in [0.29, 0.717) is 18.3 Å². The number of likely N-dealkylation sites (N-methyl/N-ethyl adjacent to an activating group) is 1. The molecule has 1 saturated heterocycles. The average molecular weight is 398 g/mol. The van der Waals surface area contributed by atoms with Crippen molar-refractivity contribution in [3.8, 4) is 0 Å². The van der Waals surface area contributed by atoms with Gasteiger partial charge in [-0.05, 0) is 57.4 Å². The molecule has 0 aromatic heterocycles. The van der Waals surface area contributed by atoms with E-state index in [-0.39, 0.29) is 11.9 Å². The van der Waals surface area contributed by atoms with Crippen LogP contribution in [0.1, 0.15) is 71.3 Å². The van der Waals surface area contributed by atoms with E-state index in [1.54, 1.807) is 4.90 Å². The molecule has 1 aromatic rings. The number of carbonyl (C=O) groups is 1. The highest BCUT2D eigenvalue weighted by Crippen LogP contribution is 2.25. The number of amides is 1. The SMILES string of the molecule is CCN1C(=O)/C(=C\c2ccc(N(CC)CC)cc2)OC1=NC1CCCCCCC1. The maximum Gasteiger partial charge on any atom is 0.300 e. The molecule has 1 heterocycles. The van der Waals surface area contributed by atoms with E-state index in [1.807, 2.05) is 25.1 Å². The van der Waals surface area contributed by atoms with Crippen molar-refractivity contribution < 1.29 is 9.53 Å². The molecule has 0 unspecified atom stereocenters. The predicted molar refractivity (Wildman–Crippen MR) is 120 cm³/mol. The standard InChI is InChI=1S/C24H35N3O2/c1-4-26(5-2)21-16-14-19(15-17-21)18-22-23(28)27(6-3)24(29-22)25-20-12-10-8-7-9-11-13-20/h14-18,20H,4-13H2,1-3H3/b22-18+,25-24?. The van der Waals surface area contributed by atoms with Crippen LogP contribution in [0.3, 0.4) is 0 Å². The van der Waals surface area contributed by atoms with Crippen LogP contribution in [0.5, 0.6) is 0 Å². The zero-order valence-corrected chi connectivity index (χ0v) is 18.2. The lowest BCUT2D eigenvalue weighted by Gasteiger charge is -2.20. The number of hydrogen-bond donors (Lipinski definition) is 0. The lowest BCUT2D eigenvalue weighted by atomic mass is 9.97. The fourth-order valence-electron chi connectivity index (χ4n) is 4.12. The van der Waals surface area contributed by atoms with Crippen molar-refractivity contribution in [2.75, 3.05) is 24.5 Å². The summed E-state index contributed by atoms with van der Waals surface area (Å²) in [6.07, 6.45) is 10.3. The second-order valence-corrected chi connectivity index (χ2v) is 7.83. The maximum absolute atomic E-state index is 12.8. The van der Waals surface area contributed by atoms with Gasteiger partial charge in [0.25, 0.3) is 5.91 Å². The lowest BCUT2D eigenvalue weighted by Crippen LogP contribution is -2.30. The van der Waals surface area contributed by atoms with E-state index >= 15 is 0 Å². The van der Waals surface area contributed by atoms with Gasteiger partial charge in [-0.3, -0.25) is 9.69 Å². The van der Waals surface area contributed by atoms with Crippen LogP contribution in [0, 0.1) is 0 Å². The van der Waals surface area contributed by atoms with Crippen LogP contribution in [0.4, 0.5) is 5.69 Å². The second kappa shape index (κ2) is 10.5. The van der Waals surface area contributed by atoms with E-state index in [9.17, 15) is 4.79 Å². The number of anilines is 1. The first kappa shape index (κ1) is 21.4. The summed E-state index contributed by atoms with van der Waals surface area (Å²) in [5, 5.41) is 0. The average Bonchev–Trinajstić information content (AvgIpc) is 3.00. The number of hydrogen-bond acceptors (Lipinski definition) is 4. The van der Waals surface area contributed by atoms with Crippen LogP contribution >= 0.6 is 0 Å². The van der Waals surface area contributed by atoms with Crippen molar-refractivity contribution in [1.29, 1.82) is 0 Å². The molecule has 3 rings (SSSR count). The van der Waals surface area contributed by atoms with Gasteiger partial charge < -0.3 is 9.64 Å². The normalized spacial score (nSPS) is 21.3. The Labute approximate surface area is 175 Å². The highest BCUT2D eigenvalue weighted by Gasteiger charge is 2.34. The van der Waals surface area contributed by atoms with E-state index in [1.165, 1.54) is 37.8 Å². The molecule has 29 heavy (non-hydrogen) atoms. The van der Waals surface area contributed by atoms with Crippen LogP contribution in [-0.4, -0.2) is 42.5 Å². The molecular formula is C24H35N3O2. The maximum atomic E-state index is 12.8. The van der Waals surface area contributed by atoms with Crippen LogP contribution in [0.15, 0.2) is 35.0 Å². The molecular weight excluding hydrogens is 362 g/mol. The third-order valence-electron chi connectivity index (χ3n) is 5.89. The first-order chi connectivity index (χ1) is 14.2. The molecule has 0 atom stereocenters. The molecule has 0 radical (unpaired) electrons. The van der Waals surface area contributed by atoms with Crippen LogP contribution in [0.2, 0.25) is 0 Å². The largest absolute Gasteiger partial charge is 0.420 e. The number of nitrogens with zero attached hydrogens (tertiary/aromatic N) is 3. The summed E-state index contributed by atoms with van der Waals surface area (Å²) in [5.41, 5.74) is 2.16. The van der Waals surface area contributed by atoms with Crippen LogP contribution < -0.4 is 4.90 Å². The van der Waals surface area contributed by atoms with E-state index in [0.717, 1.165) is 31.5 Å². The minimum absolute atomic E-state index is 0.0927. The van der Waals surface area contributed by atoms with Crippen molar-refractivity contribution in [3.05, 3.63) is 35.6 Å². The third kappa shape index (κ3) is 5.40.